The lowest BCUT2D eigenvalue weighted by Crippen LogP contribution is -2.03. The Bertz CT molecular complexity index is 496. The molecular formula is C12H14ClN3O. The quantitative estimate of drug-likeness (QED) is 0.839. The van der Waals surface area contributed by atoms with Gasteiger partial charge in [0.1, 0.15) is 12.4 Å². The largest absolute Gasteiger partial charge is 0.486 e. The van der Waals surface area contributed by atoms with Crippen LogP contribution in [0, 0.1) is 0 Å². The average molecular weight is 252 g/mol. The molecule has 0 N–H and O–H groups in total. The number of hydrogen-bond donors (Lipinski definition) is 0. The molecule has 2 heterocycles. The van der Waals surface area contributed by atoms with E-state index < -0.39 is 0 Å². The van der Waals surface area contributed by atoms with Crippen molar-refractivity contribution in [3.05, 3.63) is 40.9 Å². The van der Waals surface area contributed by atoms with Crippen LogP contribution in [-0.4, -0.2) is 14.8 Å². The molecule has 0 saturated carbocycles. The van der Waals surface area contributed by atoms with Crippen molar-refractivity contribution in [3.8, 4) is 5.75 Å². The third kappa shape index (κ3) is 2.58. The van der Waals surface area contributed by atoms with E-state index in [0.29, 0.717) is 11.6 Å². The normalized spacial score (nSPS) is 10.5. The maximum atomic E-state index is 6.22. The molecule has 2 aromatic rings. The minimum Gasteiger partial charge on any atom is -0.486 e. The van der Waals surface area contributed by atoms with Crippen molar-refractivity contribution in [2.24, 2.45) is 7.05 Å². The van der Waals surface area contributed by atoms with Gasteiger partial charge in [0.2, 0.25) is 0 Å². The van der Waals surface area contributed by atoms with Gasteiger partial charge >= 0.3 is 0 Å². The highest BCUT2D eigenvalue weighted by Gasteiger charge is 2.13. The lowest BCUT2D eigenvalue weighted by Gasteiger charge is -2.06. The molecule has 90 valence electrons. The first kappa shape index (κ1) is 11.9. The molecule has 0 amide bonds. The van der Waals surface area contributed by atoms with Crippen molar-refractivity contribution in [2.45, 2.75) is 20.0 Å². The van der Waals surface area contributed by atoms with Crippen LogP contribution in [-0.2, 0) is 20.1 Å². The first-order chi connectivity index (χ1) is 8.22. The van der Waals surface area contributed by atoms with Crippen LogP contribution < -0.4 is 4.74 Å². The summed E-state index contributed by atoms with van der Waals surface area (Å²) in [6, 6.07) is 3.69. The Hall–Kier alpha value is -1.55. The van der Waals surface area contributed by atoms with E-state index in [4.69, 9.17) is 16.3 Å². The second kappa shape index (κ2) is 5.19. The van der Waals surface area contributed by atoms with Gasteiger partial charge in [0, 0.05) is 13.2 Å². The van der Waals surface area contributed by atoms with Crippen molar-refractivity contribution in [1.82, 2.24) is 14.8 Å². The fourth-order valence-corrected chi connectivity index (χ4v) is 1.91. The standard InChI is InChI=1S/C12H14ClN3O/c1-3-10-12(13)11(16(2)15-10)8-17-9-5-4-6-14-7-9/h4-7H,3,8H2,1-2H3. The fraction of sp³-hybridized carbons (Fsp3) is 0.333. The molecule has 5 heteroatoms. The molecule has 0 aliphatic rings. The molecule has 0 saturated heterocycles. The Labute approximate surface area is 105 Å². The first-order valence-corrected chi connectivity index (χ1v) is 5.83. The van der Waals surface area contributed by atoms with Crippen LogP contribution in [0.15, 0.2) is 24.5 Å². The molecule has 0 spiro atoms. The maximum absolute atomic E-state index is 6.22. The summed E-state index contributed by atoms with van der Waals surface area (Å²) in [5.41, 5.74) is 1.78. The average Bonchev–Trinajstić information content (AvgIpc) is 2.63. The number of halogens is 1. The lowest BCUT2D eigenvalue weighted by molar-refractivity contribution is 0.294. The van der Waals surface area contributed by atoms with E-state index in [-0.39, 0.29) is 0 Å². The van der Waals surface area contributed by atoms with Gasteiger partial charge < -0.3 is 4.74 Å². The van der Waals surface area contributed by atoms with Crippen LogP contribution in [0.3, 0.4) is 0 Å². The van der Waals surface area contributed by atoms with Gasteiger partial charge in [-0.1, -0.05) is 18.5 Å². The van der Waals surface area contributed by atoms with Crippen molar-refractivity contribution in [3.63, 3.8) is 0 Å². The molecule has 2 aromatic heterocycles. The number of aryl methyl sites for hydroxylation is 2. The Kier molecular flexibility index (Phi) is 3.64. The SMILES string of the molecule is CCc1nn(C)c(COc2cccnc2)c1Cl. The molecule has 0 aliphatic heterocycles. The number of aromatic nitrogens is 3. The number of rotatable bonds is 4. The minimum absolute atomic E-state index is 0.397. The highest BCUT2D eigenvalue weighted by atomic mass is 35.5. The lowest BCUT2D eigenvalue weighted by atomic mass is 10.3. The molecule has 0 unspecified atom stereocenters. The molecule has 0 radical (unpaired) electrons. The number of nitrogens with zero attached hydrogens (tertiary/aromatic N) is 3. The van der Waals surface area contributed by atoms with Gasteiger partial charge in [-0.3, -0.25) is 9.67 Å². The van der Waals surface area contributed by atoms with Gasteiger partial charge in [0.15, 0.2) is 0 Å². The van der Waals surface area contributed by atoms with Gasteiger partial charge in [-0.25, -0.2) is 0 Å². The van der Waals surface area contributed by atoms with Gasteiger partial charge in [-0.05, 0) is 18.6 Å². The Morgan fingerprint density at radius 3 is 2.88 bits per heavy atom. The number of pyridine rings is 1. The Morgan fingerprint density at radius 1 is 1.47 bits per heavy atom. The topological polar surface area (TPSA) is 39.9 Å². The van der Waals surface area contributed by atoms with E-state index in [1.165, 1.54) is 0 Å². The van der Waals surface area contributed by atoms with Gasteiger partial charge in [-0.2, -0.15) is 5.10 Å². The number of ether oxygens (including phenoxy) is 1. The fourth-order valence-electron chi connectivity index (χ4n) is 1.56. The van der Waals surface area contributed by atoms with E-state index in [0.717, 1.165) is 23.6 Å². The highest BCUT2D eigenvalue weighted by molar-refractivity contribution is 6.31. The highest BCUT2D eigenvalue weighted by Crippen LogP contribution is 2.22. The molecule has 2 rings (SSSR count). The maximum Gasteiger partial charge on any atom is 0.138 e. The van der Waals surface area contributed by atoms with Crippen molar-refractivity contribution in [1.29, 1.82) is 0 Å². The van der Waals surface area contributed by atoms with E-state index in [1.54, 1.807) is 17.1 Å². The van der Waals surface area contributed by atoms with E-state index in [9.17, 15) is 0 Å². The van der Waals surface area contributed by atoms with Gasteiger partial charge in [-0.15, -0.1) is 0 Å². The van der Waals surface area contributed by atoms with Crippen LogP contribution >= 0.6 is 11.6 Å². The zero-order chi connectivity index (χ0) is 12.3. The van der Waals surface area contributed by atoms with Crippen molar-refractivity contribution < 1.29 is 4.74 Å². The summed E-state index contributed by atoms with van der Waals surface area (Å²) >= 11 is 6.22. The van der Waals surface area contributed by atoms with Crippen LogP contribution in [0.2, 0.25) is 5.02 Å². The van der Waals surface area contributed by atoms with Crippen LogP contribution in [0.1, 0.15) is 18.3 Å². The summed E-state index contributed by atoms with van der Waals surface area (Å²) in [5.74, 6) is 0.725. The molecular weight excluding hydrogens is 238 g/mol. The minimum atomic E-state index is 0.397. The zero-order valence-electron chi connectivity index (χ0n) is 9.85. The summed E-state index contributed by atoms with van der Waals surface area (Å²) in [4.78, 5) is 3.98. The predicted octanol–water partition coefficient (Wildman–Crippen LogP) is 2.61. The third-order valence-electron chi connectivity index (χ3n) is 2.51. The van der Waals surface area contributed by atoms with Gasteiger partial charge in [0.05, 0.1) is 22.6 Å². The Balaban J connectivity index is 2.12. The van der Waals surface area contributed by atoms with Crippen LogP contribution in [0.25, 0.3) is 0 Å². The van der Waals surface area contributed by atoms with E-state index in [1.807, 2.05) is 26.1 Å². The number of hydrogen-bond acceptors (Lipinski definition) is 3. The van der Waals surface area contributed by atoms with Crippen molar-refractivity contribution in [2.75, 3.05) is 0 Å². The smallest absolute Gasteiger partial charge is 0.138 e. The summed E-state index contributed by atoms with van der Waals surface area (Å²) in [7, 11) is 1.87. The molecule has 4 nitrogen and oxygen atoms in total. The summed E-state index contributed by atoms with van der Waals surface area (Å²) in [5, 5.41) is 5.02. The first-order valence-electron chi connectivity index (χ1n) is 5.45. The molecule has 17 heavy (non-hydrogen) atoms. The van der Waals surface area contributed by atoms with E-state index in [2.05, 4.69) is 10.1 Å². The van der Waals surface area contributed by atoms with Crippen LogP contribution in [0.5, 0.6) is 5.75 Å². The third-order valence-corrected chi connectivity index (χ3v) is 2.95. The second-order valence-corrected chi connectivity index (χ2v) is 4.04. The zero-order valence-corrected chi connectivity index (χ0v) is 10.6. The van der Waals surface area contributed by atoms with Crippen LogP contribution in [0.4, 0.5) is 0 Å². The molecule has 0 bridgehead atoms. The summed E-state index contributed by atoms with van der Waals surface area (Å²) < 4.78 is 7.37. The van der Waals surface area contributed by atoms with E-state index >= 15 is 0 Å². The van der Waals surface area contributed by atoms with Gasteiger partial charge in [0.25, 0.3) is 0 Å². The molecule has 0 fully saturated rings. The Morgan fingerprint density at radius 2 is 2.29 bits per heavy atom. The molecule has 0 aromatic carbocycles. The second-order valence-electron chi connectivity index (χ2n) is 3.66. The van der Waals surface area contributed by atoms with Crippen molar-refractivity contribution >= 4 is 11.6 Å². The molecule has 0 atom stereocenters. The summed E-state index contributed by atoms with van der Waals surface area (Å²) in [6.07, 6.45) is 4.20. The predicted molar refractivity (Wildman–Crippen MR) is 66.2 cm³/mol. The molecule has 0 aliphatic carbocycles. The monoisotopic (exact) mass is 251 g/mol. The summed E-state index contributed by atoms with van der Waals surface area (Å²) in [6.45, 7) is 2.42.